The van der Waals surface area contributed by atoms with Crippen LogP contribution in [0.1, 0.15) is 10.4 Å². The summed E-state index contributed by atoms with van der Waals surface area (Å²) >= 11 is 17.9. The van der Waals surface area contributed by atoms with Gasteiger partial charge in [0.05, 0.1) is 10.6 Å². The average molecular weight is 302 g/mol. The van der Waals surface area contributed by atoms with Gasteiger partial charge in [-0.05, 0) is 35.9 Å². The lowest BCUT2D eigenvalue weighted by atomic mass is 10.0. The molecule has 0 radical (unpaired) electrons. The zero-order valence-electron chi connectivity index (χ0n) is 8.95. The Morgan fingerprint density at radius 3 is 2.28 bits per heavy atom. The highest BCUT2D eigenvalue weighted by Crippen LogP contribution is 2.32. The van der Waals surface area contributed by atoms with Gasteiger partial charge in [-0.2, -0.15) is 0 Å². The SMILES string of the molecule is O=C(O)c1ccc(-c2cc(Cl)ccc2Cl)cc1Cl. The molecular formula is C13H7Cl3O2. The van der Waals surface area contributed by atoms with E-state index < -0.39 is 5.97 Å². The summed E-state index contributed by atoms with van der Waals surface area (Å²) in [6.45, 7) is 0. The van der Waals surface area contributed by atoms with Gasteiger partial charge in [-0.25, -0.2) is 4.79 Å². The lowest BCUT2D eigenvalue weighted by Crippen LogP contribution is -1.97. The van der Waals surface area contributed by atoms with Crippen LogP contribution in [-0.4, -0.2) is 11.1 Å². The molecule has 0 bridgehead atoms. The predicted octanol–water partition coefficient (Wildman–Crippen LogP) is 5.01. The number of hydrogen-bond donors (Lipinski definition) is 1. The number of carbonyl (C=O) groups is 1. The number of hydrogen-bond acceptors (Lipinski definition) is 1. The van der Waals surface area contributed by atoms with Crippen LogP contribution in [0.15, 0.2) is 36.4 Å². The predicted molar refractivity (Wildman–Crippen MR) is 73.9 cm³/mol. The van der Waals surface area contributed by atoms with Crippen molar-refractivity contribution in [3.05, 3.63) is 57.0 Å². The van der Waals surface area contributed by atoms with Crippen molar-refractivity contribution in [3.8, 4) is 11.1 Å². The Balaban J connectivity index is 2.55. The van der Waals surface area contributed by atoms with Crippen LogP contribution in [-0.2, 0) is 0 Å². The molecule has 0 saturated carbocycles. The molecule has 92 valence electrons. The van der Waals surface area contributed by atoms with Crippen molar-refractivity contribution in [2.24, 2.45) is 0 Å². The standard InChI is InChI=1S/C13H7Cl3O2/c14-8-2-4-11(15)10(6-8)7-1-3-9(13(17)18)12(16)5-7/h1-6H,(H,17,18). The molecule has 0 unspecified atom stereocenters. The lowest BCUT2D eigenvalue weighted by Gasteiger charge is -2.07. The van der Waals surface area contributed by atoms with E-state index in [-0.39, 0.29) is 10.6 Å². The molecule has 1 N–H and O–H groups in total. The third kappa shape index (κ3) is 2.61. The van der Waals surface area contributed by atoms with Crippen LogP contribution in [0, 0.1) is 0 Å². The molecule has 0 amide bonds. The Morgan fingerprint density at radius 1 is 0.944 bits per heavy atom. The van der Waals surface area contributed by atoms with Crippen LogP contribution in [0.4, 0.5) is 0 Å². The molecule has 0 saturated heterocycles. The van der Waals surface area contributed by atoms with E-state index in [1.54, 1.807) is 30.3 Å². The second-order valence-electron chi connectivity index (χ2n) is 3.62. The summed E-state index contributed by atoms with van der Waals surface area (Å²) in [5.41, 5.74) is 1.49. The van der Waals surface area contributed by atoms with Gasteiger partial charge in [0.2, 0.25) is 0 Å². The first-order valence-electron chi connectivity index (χ1n) is 4.97. The third-order valence-corrected chi connectivity index (χ3v) is 3.32. The number of rotatable bonds is 2. The van der Waals surface area contributed by atoms with Gasteiger partial charge in [0.25, 0.3) is 0 Å². The Labute approximate surface area is 119 Å². The molecule has 0 spiro atoms. The number of carboxylic acids is 1. The summed E-state index contributed by atoms with van der Waals surface area (Å²) < 4.78 is 0. The first kappa shape index (κ1) is 13.2. The molecule has 2 nitrogen and oxygen atoms in total. The number of aromatic carboxylic acids is 1. The van der Waals surface area contributed by atoms with Gasteiger partial charge >= 0.3 is 5.97 Å². The largest absolute Gasteiger partial charge is 0.478 e. The van der Waals surface area contributed by atoms with Crippen molar-refractivity contribution in [2.45, 2.75) is 0 Å². The van der Waals surface area contributed by atoms with Gasteiger partial charge in [-0.15, -0.1) is 0 Å². The van der Waals surface area contributed by atoms with Gasteiger partial charge in [0, 0.05) is 15.6 Å². The van der Waals surface area contributed by atoms with Crippen molar-refractivity contribution in [1.29, 1.82) is 0 Å². The summed E-state index contributed by atoms with van der Waals surface area (Å²) in [5.74, 6) is -1.07. The maximum atomic E-state index is 10.9. The Morgan fingerprint density at radius 2 is 1.67 bits per heavy atom. The summed E-state index contributed by atoms with van der Waals surface area (Å²) in [7, 11) is 0. The topological polar surface area (TPSA) is 37.3 Å². The van der Waals surface area contributed by atoms with Gasteiger partial charge in [-0.3, -0.25) is 0 Å². The number of carboxylic acid groups (broad SMARTS) is 1. The second kappa shape index (κ2) is 5.19. The fourth-order valence-electron chi connectivity index (χ4n) is 1.57. The van der Waals surface area contributed by atoms with Crippen molar-refractivity contribution in [1.82, 2.24) is 0 Å². The maximum Gasteiger partial charge on any atom is 0.337 e. The highest BCUT2D eigenvalue weighted by Gasteiger charge is 2.11. The highest BCUT2D eigenvalue weighted by atomic mass is 35.5. The molecule has 0 aromatic heterocycles. The Hall–Kier alpha value is -1.22. The van der Waals surface area contributed by atoms with Crippen molar-refractivity contribution in [3.63, 3.8) is 0 Å². The molecule has 2 rings (SSSR count). The molecule has 0 aliphatic rings. The molecule has 0 atom stereocenters. The van der Waals surface area contributed by atoms with E-state index in [0.29, 0.717) is 15.6 Å². The fraction of sp³-hybridized carbons (Fsp3) is 0. The van der Waals surface area contributed by atoms with E-state index in [1.807, 2.05) is 0 Å². The van der Waals surface area contributed by atoms with Crippen molar-refractivity contribution >= 4 is 40.8 Å². The van der Waals surface area contributed by atoms with Gasteiger partial charge in [0.1, 0.15) is 0 Å². The molecule has 2 aromatic carbocycles. The molecule has 0 aliphatic carbocycles. The summed E-state index contributed by atoms with van der Waals surface area (Å²) in [4.78, 5) is 10.9. The van der Waals surface area contributed by atoms with Crippen LogP contribution in [0.25, 0.3) is 11.1 Å². The van der Waals surface area contributed by atoms with E-state index >= 15 is 0 Å². The first-order chi connectivity index (χ1) is 8.49. The first-order valence-corrected chi connectivity index (χ1v) is 6.10. The van der Waals surface area contributed by atoms with E-state index in [0.717, 1.165) is 5.56 Å². The minimum atomic E-state index is -1.07. The van der Waals surface area contributed by atoms with Gasteiger partial charge in [-0.1, -0.05) is 40.9 Å². The maximum absolute atomic E-state index is 10.9. The minimum absolute atomic E-state index is 0.0542. The summed E-state index contributed by atoms with van der Waals surface area (Å²) in [6.07, 6.45) is 0. The lowest BCUT2D eigenvalue weighted by molar-refractivity contribution is 0.0697. The smallest absolute Gasteiger partial charge is 0.337 e. The van der Waals surface area contributed by atoms with E-state index in [1.165, 1.54) is 6.07 Å². The second-order valence-corrected chi connectivity index (χ2v) is 4.87. The van der Waals surface area contributed by atoms with Crippen molar-refractivity contribution < 1.29 is 9.90 Å². The van der Waals surface area contributed by atoms with E-state index in [4.69, 9.17) is 39.9 Å². The number of benzene rings is 2. The zero-order chi connectivity index (χ0) is 13.3. The van der Waals surface area contributed by atoms with Crippen LogP contribution >= 0.6 is 34.8 Å². The molecule has 0 heterocycles. The Kier molecular flexibility index (Phi) is 3.81. The van der Waals surface area contributed by atoms with Crippen LogP contribution in [0.5, 0.6) is 0 Å². The van der Waals surface area contributed by atoms with Crippen molar-refractivity contribution in [2.75, 3.05) is 0 Å². The van der Waals surface area contributed by atoms with Gasteiger partial charge < -0.3 is 5.11 Å². The molecule has 2 aromatic rings. The molecular weight excluding hydrogens is 294 g/mol. The third-order valence-electron chi connectivity index (χ3n) is 2.44. The molecule has 0 fully saturated rings. The number of halogens is 3. The van der Waals surface area contributed by atoms with E-state index in [2.05, 4.69) is 0 Å². The molecule has 5 heteroatoms. The summed E-state index contributed by atoms with van der Waals surface area (Å²) in [5, 5.41) is 10.1. The fourth-order valence-corrected chi connectivity index (χ4v) is 2.23. The highest BCUT2D eigenvalue weighted by molar-refractivity contribution is 6.36. The summed E-state index contributed by atoms with van der Waals surface area (Å²) in [6, 6.07) is 9.71. The van der Waals surface area contributed by atoms with Crippen LogP contribution in [0.2, 0.25) is 15.1 Å². The Bertz CT molecular complexity index is 624. The van der Waals surface area contributed by atoms with Crippen LogP contribution < -0.4 is 0 Å². The zero-order valence-corrected chi connectivity index (χ0v) is 11.2. The molecule has 0 aliphatic heterocycles. The monoisotopic (exact) mass is 300 g/mol. The quantitative estimate of drug-likeness (QED) is 0.846. The molecule has 18 heavy (non-hydrogen) atoms. The average Bonchev–Trinajstić information content (AvgIpc) is 2.31. The van der Waals surface area contributed by atoms with E-state index in [9.17, 15) is 4.79 Å². The normalized spacial score (nSPS) is 10.4. The van der Waals surface area contributed by atoms with Gasteiger partial charge in [0.15, 0.2) is 0 Å². The van der Waals surface area contributed by atoms with Crippen LogP contribution in [0.3, 0.4) is 0 Å². The minimum Gasteiger partial charge on any atom is -0.478 e.